The molecule has 2 aliphatic rings. The summed E-state index contributed by atoms with van der Waals surface area (Å²) in [6.07, 6.45) is 3.79. The molecule has 0 atom stereocenters. The van der Waals surface area contributed by atoms with Crippen molar-refractivity contribution >= 4 is 11.9 Å². The third kappa shape index (κ3) is 5.09. The van der Waals surface area contributed by atoms with E-state index in [1.807, 2.05) is 0 Å². The Labute approximate surface area is 119 Å². The minimum atomic E-state index is -0.722. The Hall–Kier alpha value is -1.14. The number of carbonyl (C=O) groups excluding carboxylic acids is 1. The molecular weight excluding hydrogens is 260 g/mol. The minimum absolute atomic E-state index is 0.0774. The topological polar surface area (TPSA) is 78.9 Å². The Morgan fingerprint density at radius 1 is 1.15 bits per heavy atom. The van der Waals surface area contributed by atoms with Gasteiger partial charge in [0.15, 0.2) is 0 Å². The number of rotatable bonds is 5. The zero-order valence-electron chi connectivity index (χ0n) is 11.8. The molecule has 6 nitrogen and oxygen atoms in total. The number of ether oxygens (including phenoxy) is 1. The van der Waals surface area contributed by atoms with E-state index in [0.29, 0.717) is 6.54 Å². The number of carbonyl (C=O) groups is 2. The van der Waals surface area contributed by atoms with E-state index < -0.39 is 5.97 Å². The Bertz CT molecular complexity index is 334. The molecule has 0 aromatic heterocycles. The van der Waals surface area contributed by atoms with Crippen LogP contribution in [-0.2, 0) is 14.3 Å². The van der Waals surface area contributed by atoms with Crippen molar-refractivity contribution in [2.24, 2.45) is 5.92 Å². The first kappa shape index (κ1) is 15.3. The van der Waals surface area contributed by atoms with Crippen LogP contribution in [0.4, 0.5) is 0 Å². The second kappa shape index (κ2) is 7.59. The van der Waals surface area contributed by atoms with Gasteiger partial charge in [-0.2, -0.15) is 0 Å². The van der Waals surface area contributed by atoms with Crippen LogP contribution in [0.1, 0.15) is 32.1 Å². The SMILES string of the molecule is O=C(O)CC1CCN(CC(=O)NC2CCOCC2)CC1. The van der Waals surface area contributed by atoms with Gasteiger partial charge in [-0.1, -0.05) is 0 Å². The summed E-state index contributed by atoms with van der Waals surface area (Å²) < 4.78 is 5.27. The number of piperidine rings is 1. The van der Waals surface area contributed by atoms with Crippen LogP contribution in [0.25, 0.3) is 0 Å². The maximum Gasteiger partial charge on any atom is 0.303 e. The Balaban J connectivity index is 1.64. The lowest BCUT2D eigenvalue weighted by Crippen LogP contribution is -2.46. The van der Waals surface area contributed by atoms with Crippen LogP contribution < -0.4 is 5.32 Å². The van der Waals surface area contributed by atoms with Gasteiger partial charge in [-0.15, -0.1) is 0 Å². The summed E-state index contributed by atoms with van der Waals surface area (Å²) in [6, 6.07) is 0.251. The van der Waals surface area contributed by atoms with Crippen molar-refractivity contribution in [2.45, 2.75) is 38.1 Å². The molecule has 0 spiro atoms. The first-order valence-corrected chi connectivity index (χ1v) is 7.44. The molecule has 0 aliphatic carbocycles. The molecule has 2 aliphatic heterocycles. The van der Waals surface area contributed by atoms with E-state index in [1.165, 1.54) is 0 Å². The van der Waals surface area contributed by atoms with Crippen LogP contribution in [-0.4, -0.2) is 60.8 Å². The van der Waals surface area contributed by atoms with Crippen molar-refractivity contribution in [3.63, 3.8) is 0 Å². The van der Waals surface area contributed by atoms with Crippen LogP contribution >= 0.6 is 0 Å². The number of likely N-dealkylation sites (tertiary alicyclic amines) is 1. The summed E-state index contributed by atoms with van der Waals surface area (Å²) in [5.41, 5.74) is 0. The highest BCUT2D eigenvalue weighted by Crippen LogP contribution is 2.20. The predicted octanol–water partition coefficient (Wildman–Crippen LogP) is 0.468. The van der Waals surface area contributed by atoms with E-state index in [0.717, 1.165) is 52.0 Å². The zero-order valence-corrected chi connectivity index (χ0v) is 11.8. The fourth-order valence-electron chi connectivity index (χ4n) is 2.91. The van der Waals surface area contributed by atoms with Gasteiger partial charge in [-0.3, -0.25) is 14.5 Å². The molecule has 20 heavy (non-hydrogen) atoms. The third-order valence-electron chi connectivity index (χ3n) is 4.12. The highest BCUT2D eigenvalue weighted by atomic mass is 16.5. The molecule has 0 unspecified atom stereocenters. The molecule has 2 saturated heterocycles. The molecule has 0 radical (unpaired) electrons. The van der Waals surface area contributed by atoms with Gasteiger partial charge in [-0.25, -0.2) is 0 Å². The molecule has 0 saturated carbocycles. The van der Waals surface area contributed by atoms with Crippen molar-refractivity contribution < 1.29 is 19.4 Å². The average Bonchev–Trinajstić information content (AvgIpc) is 2.41. The molecule has 2 heterocycles. The first-order chi connectivity index (χ1) is 9.63. The van der Waals surface area contributed by atoms with Gasteiger partial charge >= 0.3 is 5.97 Å². The van der Waals surface area contributed by atoms with E-state index in [9.17, 15) is 9.59 Å². The summed E-state index contributed by atoms with van der Waals surface area (Å²) in [7, 11) is 0. The lowest BCUT2D eigenvalue weighted by Gasteiger charge is -2.31. The highest BCUT2D eigenvalue weighted by molar-refractivity contribution is 5.78. The molecule has 114 valence electrons. The van der Waals surface area contributed by atoms with Crippen LogP contribution in [0.2, 0.25) is 0 Å². The number of carboxylic acid groups (broad SMARTS) is 1. The molecule has 2 rings (SSSR count). The molecular formula is C14H24N2O4. The number of hydrogen-bond acceptors (Lipinski definition) is 4. The number of nitrogens with one attached hydrogen (secondary N) is 1. The van der Waals surface area contributed by atoms with Crippen molar-refractivity contribution in [3.05, 3.63) is 0 Å². The van der Waals surface area contributed by atoms with E-state index in [2.05, 4.69) is 10.2 Å². The third-order valence-corrected chi connectivity index (χ3v) is 4.12. The van der Waals surface area contributed by atoms with E-state index in [-0.39, 0.29) is 24.3 Å². The Morgan fingerprint density at radius 2 is 1.80 bits per heavy atom. The van der Waals surface area contributed by atoms with Crippen molar-refractivity contribution in [3.8, 4) is 0 Å². The molecule has 2 fully saturated rings. The Kier molecular flexibility index (Phi) is 5.79. The number of hydrogen-bond donors (Lipinski definition) is 2. The van der Waals surface area contributed by atoms with Gasteiger partial charge in [0.05, 0.1) is 6.54 Å². The van der Waals surface area contributed by atoms with Crippen LogP contribution in [0, 0.1) is 5.92 Å². The second-order valence-electron chi connectivity index (χ2n) is 5.77. The largest absolute Gasteiger partial charge is 0.481 e. The maximum atomic E-state index is 12.0. The lowest BCUT2D eigenvalue weighted by molar-refractivity contribution is -0.138. The fourth-order valence-corrected chi connectivity index (χ4v) is 2.91. The molecule has 6 heteroatoms. The number of nitrogens with zero attached hydrogens (tertiary/aromatic N) is 1. The van der Waals surface area contributed by atoms with Gasteiger partial charge in [0.2, 0.25) is 5.91 Å². The van der Waals surface area contributed by atoms with Crippen LogP contribution in [0.3, 0.4) is 0 Å². The average molecular weight is 284 g/mol. The Morgan fingerprint density at radius 3 is 2.40 bits per heavy atom. The van der Waals surface area contributed by atoms with Crippen molar-refractivity contribution in [2.75, 3.05) is 32.8 Å². The normalized spacial score (nSPS) is 22.6. The van der Waals surface area contributed by atoms with Crippen LogP contribution in [0.5, 0.6) is 0 Å². The van der Waals surface area contributed by atoms with Gasteiger partial charge in [-0.05, 0) is 44.7 Å². The minimum Gasteiger partial charge on any atom is -0.481 e. The second-order valence-corrected chi connectivity index (χ2v) is 5.77. The number of carboxylic acids is 1. The molecule has 2 N–H and O–H groups in total. The highest BCUT2D eigenvalue weighted by Gasteiger charge is 2.23. The predicted molar refractivity (Wildman–Crippen MR) is 73.4 cm³/mol. The molecule has 0 aromatic carbocycles. The van der Waals surface area contributed by atoms with E-state index in [1.54, 1.807) is 0 Å². The summed E-state index contributed by atoms with van der Waals surface area (Å²) in [5, 5.41) is 11.8. The van der Waals surface area contributed by atoms with Gasteiger partial charge < -0.3 is 15.2 Å². The van der Waals surface area contributed by atoms with E-state index in [4.69, 9.17) is 9.84 Å². The molecule has 1 amide bonds. The quantitative estimate of drug-likeness (QED) is 0.767. The first-order valence-electron chi connectivity index (χ1n) is 7.44. The summed E-state index contributed by atoms with van der Waals surface area (Å²) in [4.78, 5) is 24.7. The summed E-state index contributed by atoms with van der Waals surface area (Å²) >= 11 is 0. The monoisotopic (exact) mass is 284 g/mol. The van der Waals surface area contributed by atoms with Crippen molar-refractivity contribution in [1.29, 1.82) is 0 Å². The maximum absolute atomic E-state index is 12.0. The smallest absolute Gasteiger partial charge is 0.303 e. The van der Waals surface area contributed by atoms with Gasteiger partial charge in [0.1, 0.15) is 0 Å². The fraction of sp³-hybridized carbons (Fsp3) is 0.857. The molecule has 0 aromatic rings. The summed E-state index contributed by atoms with van der Waals surface area (Å²) in [5.74, 6) is -0.378. The van der Waals surface area contributed by atoms with E-state index >= 15 is 0 Å². The lowest BCUT2D eigenvalue weighted by atomic mass is 9.94. The number of aliphatic carboxylic acids is 1. The summed E-state index contributed by atoms with van der Waals surface area (Å²) in [6.45, 7) is 3.52. The van der Waals surface area contributed by atoms with Crippen molar-refractivity contribution in [1.82, 2.24) is 10.2 Å². The molecule has 0 bridgehead atoms. The van der Waals surface area contributed by atoms with Gasteiger partial charge in [0.25, 0.3) is 0 Å². The van der Waals surface area contributed by atoms with Crippen LogP contribution in [0.15, 0.2) is 0 Å². The number of amides is 1. The zero-order chi connectivity index (χ0) is 14.4. The van der Waals surface area contributed by atoms with Gasteiger partial charge in [0, 0.05) is 25.7 Å². The standard InChI is InChI=1S/C14H24N2O4/c17-13(15-12-3-7-20-8-4-12)10-16-5-1-11(2-6-16)9-14(18)19/h11-12H,1-10H2,(H,15,17)(H,18,19).